The average molecular weight is 557 g/mol. The Labute approximate surface area is 219 Å². The fourth-order valence-corrected chi connectivity index (χ4v) is 5.87. The molecule has 3 aromatic rings. The maximum atomic E-state index is 15.0. The second kappa shape index (κ2) is 9.48. The molecule has 1 unspecified atom stereocenters. The number of halogens is 4. The Hall–Kier alpha value is -2.84. The van der Waals surface area contributed by atoms with E-state index in [9.17, 15) is 18.0 Å². The van der Waals surface area contributed by atoms with Gasteiger partial charge in [-0.25, -0.2) is 17.7 Å². The number of anilines is 2. The molecular formula is C22H24ClF3N8O2S. The maximum Gasteiger partial charge on any atom is 0.274 e. The van der Waals surface area contributed by atoms with Gasteiger partial charge in [0.1, 0.15) is 21.0 Å². The number of hydrogen-bond donors (Lipinski definition) is 1. The van der Waals surface area contributed by atoms with Gasteiger partial charge in [0, 0.05) is 26.2 Å². The van der Waals surface area contributed by atoms with Gasteiger partial charge in [0.2, 0.25) is 5.95 Å². The minimum absolute atomic E-state index is 0.00897. The van der Waals surface area contributed by atoms with Crippen molar-refractivity contribution in [3.8, 4) is 0 Å². The first kappa shape index (κ1) is 25.8. The average Bonchev–Trinajstić information content (AvgIpc) is 3.47. The van der Waals surface area contributed by atoms with Crippen LogP contribution in [0.15, 0.2) is 23.5 Å². The molecule has 0 bridgehead atoms. The summed E-state index contributed by atoms with van der Waals surface area (Å²) in [7, 11) is 1.51. The van der Waals surface area contributed by atoms with Gasteiger partial charge in [0.25, 0.3) is 12.3 Å². The first-order valence-corrected chi connectivity index (χ1v) is 12.7. The van der Waals surface area contributed by atoms with Crippen molar-refractivity contribution in [1.82, 2.24) is 24.4 Å². The number of aliphatic imine (C=N–C) groups is 1. The van der Waals surface area contributed by atoms with E-state index in [-0.39, 0.29) is 34.2 Å². The lowest BCUT2D eigenvalue weighted by molar-refractivity contribution is -0.00570. The third kappa shape index (κ3) is 4.89. The minimum atomic E-state index is -2.78. The van der Waals surface area contributed by atoms with Crippen molar-refractivity contribution in [2.45, 2.75) is 49.7 Å². The summed E-state index contributed by atoms with van der Waals surface area (Å²) in [5, 5.41) is 11.1. The summed E-state index contributed by atoms with van der Waals surface area (Å²) in [5.41, 5.74) is 0.450. The molecule has 5 rings (SSSR count). The maximum absolute atomic E-state index is 15.0. The standard InChI is InChI=1S/C22H24ClF3N8O2S/c1-10-7-33(8-11(2)36-10)21-29-15-5-14(13(24)9-34(15)31-21)28-19(35)16-12(6-27-32(16)4)20-30-17(18(25)26)22(3,23)37-20/h5-6,9-11,17-18H,7-8H2,1-4H3,(H,28,35)/t10-,11+,17?,22-/m1/s1. The largest absolute Gasteiger partial charge is 0.372 e. The molecule has 10 nitrogen and oxygen atoms in total. The number of pyridine rings is 1. The fraction of sp³-hybridized carbons (Fsp3) is 0.500. The molecule has 1 amide bonds. The Bertz CT molecular complexity index is 1380. The number of fused-ring (bicyclic) bond motifs is 1. The summed E-state index contributed by atoms with van der Waals surface area (Å²) in [6, 6.07) is -0.0814. The van der Waals surface area contributed by atoms with Gasteiger partial charge in [0.15, 0.2) is 11.5 Å². The summed E-state index contributed by atoms with van der Waals surface area (Å²) in [6.07, 6.45) is -0.326. The number of aryl methyl sites for hydroxylation is 1. The van der Waals surface area contributed by atoms with E-state index in [2.05, 4.69) is 25.5 Å². The van der Waals surface area contributed by atoms with Crippen molar-refractivity contribution >= 4 is 51.6 Å². The van der Waals surface area contributed by atoms with Crippen molar-refractivity contribution in [2.75, 3.05) is 23.3 Å². The monoisotopic (exact) mass is 556 g/mol. The molecule has 1 saturated heterocycles. The highest BCUT2D eigenvalue weighted by Gasteiger charge is 2.46. The van der Waals surface area contributed by atoms with Crippen molar-refractivity contribution < 1.29 is 22.7 Å². The number of aromatic nitrogens is 5. The van der Waals surface area contributed by atoms with Crippen molar-refractivity contribution in [3.63, 3.8) is 0 Å². The van der Waals surface area contributed by atoms with Crippen LogP contribution in [0.25, 0.3) is 5.65 Å². The van der Waals surface area contributed by atoms with E-state index in [1.807, 2.05) is 18.7 Å². The lowest BCUT2D eigenvalue weighted by Gasteiger charge is -2.34. The van der Waals surface area contributed by atoms with E-state index >= 15 is 0 Å². The number of carbonyl (C=O) groups excluding carboxylic acids is 1. The minimum Gasteiger partial charge on any atom is -0.372 e. The number of amides is 1. The molecule has 0 aliphatic carbocycles. The van der Waals surface area contributed by atoms with Gasteiger partial charge in [-0.2, -0.15) is 10.1 Å². The zero-order chi connectivity index (χ0) is 26.6. The summed E-state index contributed by atoms with van der Waals surface area (Å²) < 4.78 is 48.8. The number of rotatable bonds is 5. The van der Waals surface area contributed by atoms with Gasteiger partial charge in [-0.15, -0.1) is 16.7 Å². The third-order valence-corrected chi connectivity index (χ3v) is 7.68. The van der Waals surface area contributed by atoms with Crippen LogP contribution in [0.5, 0.6) is 0 Å². The number of ether oxygens (including phenoxy) is 1. The molecule has 5 heterocycles. The Balaban J connectivity index is 1.42. The molecule has 2 aliphatic heterocycles. The highest BCUT2D eigenvalue weighted by atomic mass is 35.5. The van der Waals surface area contributed by atoms with Gasteiger partial charge in [-0.05, 0) is 20.8 Å². The number of carbonyl (C=O) groups is 1. The Morgan fingerprint density at radius 3 is 2.68 bits per heavy atom. The van der Waals surface area contributed by atoms with Gasteiger partial charge in [-0.1, -0.05) is 11.8 Å². The number of alkyl halides is 3. The molecule has 0 radical (unpaired) electrons. The summed E-state index contributed by atoms with van der Waals surface area (Å²) in [6.45, 7) is 6.53. The van der Waals surface area contributed by atoms with E-state index in [1.165, 1.54) is 35.4 Å². The quantitative estimate of drug-likeness (QED) is 0.480. The topological polar surface area (TPSA) is 102 Å². The molecule has 1 N–H and O–H groups in total. The van der Waals surface area contributed by atoms with E-state index < -0.39 is 28.4 Å². The van der Waals surface area contributed by atoms with Crippen molar-refractivity contribution in [2.24, 2.45) is 12.0 Å². The number of nitrogens with zero attached hydrogens (tertiary/aromatic N) is 7. The second-order valence-corrected chi connectivity index (χ2v) is 11.6. The summed E-state index contributed by atoms with van der Waals surface area (Å²) >= 11 is 7.18. The number of thioether (sulfide) groups is 1. The highest BCUT2D eigenvalue weighted by Crippen LogP contribution is 2.45. The van der Waals surface area contributed by atoms with Gasteiger partial charge in [-0.3, -0.25) is 14.5 Å². The van der Waals surface area contributed by atoms with Crippen LogP contribution in [0.3, 0.4) is 0 Å². The first-order valence-electron chi connectivity index (χ1n) is 11.5. The van der Waals surface area contributed by atoms with E-state index in [0.717, 1.165) is 18.0 Å². The van der Waals surface area contributed by atoms with Crippen molar-refractivity contribution in [1.29, 1.82) is 0 Å². The molecule has 0 aromatic carbocycles. The molecule has 3 aromatic heterocycles. The van der Waals surface area contributed by atoms with E-state index in [1.54, 1.807) is 0 Å². The Morgan fingerprint density at radius 1 is 1.32 bits per heavy atom. The molecule has 0 spiro atoms. The lowest BCUT2D eigenvalue weighted by Crippen LogP contribution is -2.46. The van der Waals surface area contributed by atoms with Crippen LogP contribution in [0.4, 0.5) is 24.8 Å². The molecule has 0 saturated carbocycles. The van der Waals surface area contributed by atoms with Crippen LogP contribution in [-0.2, 0) is 11.8 Å². The van der Waals surface area contributed by atoms with Crippen LogP contribution in [0.2, 0.25) is 0 Å². The zero-order valence-corrected chi connectivity index (χ0v) is 21.9. The van der Waals surface area contributed by atoms with Crippen LogP contribution in [0.1, 0.15) is 36.8 Å². The molecule has 2 aliphatic rings. The second-order valence-electron chi connectivity index (χ2n) is 9.20. The zero-order valence-electron chi connectivity index (χ0n) is 20.3. The molecule has 198 valence electrons. The lowest BCUT2D eigenvalue weighted by atomic mass is 10.2. The molecule has 1 fully saturated rings. The molecule has 4 atom stereocenters. The summed E-state index contributed by atoms with van der Waals surface area (Å²) in [4.78, 5) is 23.7. The van der Waals surface area contributed by atoms with Gasteiger partial charge in [0.05, 0.1) is 35.9 Å². The van der Waals surface area contributed by atoms with E-state index in [0.29, 0.717) is 24.7 Å². The van der Waals surface area contributed by atoms with Crippen LogP contribution in [-0.4, -0.2) is 77.3 Å². The number of nitrogens with one attached hydrogen (secondary N) is 1. The molecule has 37 heavy (non-hydrogen) atoms. The predicted octanol–water partition coefficient (Wildman–Crippen LogP) is 3.55. The van der Waals surface area contributed by atoms with Crippen LogP contribution in [0, 0.1) is 5.82 Å². The Kier molecular flexibility index (Phi) is 6.61. The SMILES string of the molecule is C[C@@H]1CN(c2nc3cc(NC(=O)c4c(C5=NC(C(F)F)[C@](C)(Cl)S5)cnn4C)c(F)cn3n2)C[C@H](C)O1. The summed E-state index contributed by atoms with van der Waals surface area (Å²) in [5.74, 6) is -1.01. The normalized spacial score (nSPS) is 26.2. The van der Waals surface area contributed by atoms with E-state index in [4.69, 9.17) is 16.3 Å². The third-order valence-electron chi connectivity index (χ3n) is 6.07. The highest BCUT2D eigenvalue weighted by molar-refractivity contribution is 8.16. The van der Waals surface area contributed by atoms with Crippen LogP contribution < -0.4 is 10.2 Å². The molecule has 15 heteroatoms. The predicted molar refractivity (Wildman–Crippen MR) is 135 cm³/mol. The smallest absolute Gasteiger partial charge is 0.274 e. The number of hydrogen-bond acceptors (Lipinski definition) is 8. The van der Waals surface area contributed by atoms with Crippen molar-refractivity contribution in [3.05, 3.63) is 35.5 Å². The van der Waals surface area contributed by atoms with Crippen LogP contribution >= 0.6 is 23.4 Å². The number of morpholine rings is 1. The van der Waals surface area contributed by atoms with Gasteiger partial charge < -0.3 is 15.0 Å². The molecular weight excluding hydrogens is 533 g/mol. The fourth-order valence-electron chi connectivity index (χ4n) is 4.43. The van der Waals surface area contributed by atoms with Gasteiger partial charge >= 0.3 is 0 Å². The first-order chi connectivity index (χ1) is 17.4. The Morgan fingerprint density at radius 2 is 2.03 bits per heavy atom.